The van der Waals surface area contributed by atoms with Gasteiger partial charge in [0.05, 0.1) is 12.1 Å². The van der Waals surface area contributed by atoms with Gasteiger partial charge in [0.25, 0.3) is 0 Å². The highest BCUT2D eigenvalue weighted by atomic mass is 16.2. The molecule has 1 aliphatic rings. The van der Waals surface area contributed by atoms with Gasteiger partial charge in [0, 0.05) is 18.8 Å². The average molecular weight is 190 g/mol. The van der Waals surface area contributed by atoms with E-state index in [0.29, 0.717) is 13.0 Å². The largest absolute Gasteiger partial charge is 0.336 e. The second kappa shape index (κ2) is 3.40. The Morgan fingerprint density at radius 1 is 1.50 bits per heavy atom. The van der Waals surface area contributed by atoms with Crippen molar-refractivity contribution in [3.63, 3.8) is 0 Å². The topological polar surface area (TPSA) is 33.2 Å². The zero-order valence-corrected chi connectivity index (χ0v) is 8.53. The van der Waals surface area contributed by atoms with E-state index in [9.17, 15) is 4.79 Å². The van der Waals surface area contributed by atoms with Crippen LogP contribution in [0.1, 0.15) is 25.1 Å². The van der Waals surface area contributed by atoms with Gasteiger partial charge in [-0.25, -0.2) is 0 Å². The molecule has 0 fully saturated rings. The Hall–Kier alpha value is -1.38. The maximum atomic E-state index is 11.7. The fourth-order valence-corrected chi connectivity index (χ4v) is 1.76. The number of carbonyl (C=O) groups excluding carboxylic acids is 1. The molecule has 0 aromatic carbocycles. The van der Waals surface area contributed by atoms with Crippen LogP contribution in [0.15, 0.2) is 18.3 Å². The van der Waals surface area contributed by atoms with Crippen molar-refractivity contribution < 1.29 is 4.79 Å². The van der Waals surface area contributed by atoms with Crippen LogP contribution in [-0.4, -0.2) is 21.8 Å². The molecule has 0 atom stereocenters. The van der Waals surface area contributed by atoms with Gasteiger partial charge in [0.1, 0.15) is 0 Å². The number of fused-ring (bicyclic) bond motifs is 1. The molecule has 1 aliphatic heterocycles. The molecule has 0 N–H and O–H groups in total. The predicted molar refractivity (Wildman–Crippen MR) is 53.6 cm³/mol. The van der Waals surface area contributed by atoms with E-state index in [2.05, 4.69) is 4.98 Å². The Balaban J connectivity index is 2.31. The molecular weight excluding hydrogens is 176 g/mol. The summed E-state index contributed by atoms with van der Waals surface area (Å²) in [7, 11) is 0. The Kier molecular flexibility index (Phi) is 2.23. The van der Waals surface area contributed by atoms with Crippen LogP contribution in [0.25, 0.3) is 0 Å². The zero-order chi connectivity index (χ0) is 10.1. The summed E-state index contributed by atoms with van der Waals surface area (Å²) in [4.78, 5) is 17.8. The Morgan fingerprint density at radius 3 is 3.00 bits per heavy atom. The van der Waals surface area contributed by atoms with Gasteiger partial charge in [0.2, 0.25) is 5.91 Å². The fourth-order valence-electron chi connectivity index (χ4n) is 1.76. The van der Waals surface area contributed by atoms with Gasteiger partial charge in [-0.1, -0.05) is 6.07 Å². The van der Waals surface area contributed by atoms with E-state index in [4.69, 9.17) is 0 Å². The van der Waals surface area contributed by atoms with E-state index in [0.717, 1.165) is 5.69 Å². The van der Waals surface area contributed by atoms with Crippen molar-refractivity contribution in [2.24, 2.45) is 0 Å². The summed E-state index contributed by atoms with van der Waals surface area (Å²) in [6, 6.07) is 4.24. The van der Waals surface area contributed by atoms with Crippen LogP contribution in [0.3, 0.4) is 0 Å². The molecule has 0 radical (unpaired) electrons. The maximum Gasteiger partial charge on any atom is 0.229 e. The predicted octanol–water partition coefficient (Wildman–Crippen LogP) is 1.37. The molecule has 0 unspecified atom stereocenters. The molecule has 1 aromatic heterocycles. The third kappa shape index (κ3) is 1.50. The summed E-state index contributed by atoms with van der Waals surface area (Å²) in [5, 5.41) is 0. The van der Waals surface area contributed by atoms with E-state index in [1.165, 1.54) is 5.56 Å². The summed E-state index contributed by atoms with van der Waals surface area (Å²) >= 11 is 0. The molecule has 2 rings (SSSR count). The van der Waals surface area contributed by atoms with Crippen molar-refractivity contribution in [2.75, 3.05) is 0 Å². The first-order valence-electron chi connectivity index (χ1n) is 4.90. The lowest BCUT2D eigenvalue weighted by Gasteiger charge is -2.31. The zero-order valence-electron chi connectivity index (χ0n) is 8.53. The van der Waals surface area contributed by atoms with Gasteiger partial charge in [-0.2, -0.15) is 0 Å². The number of aromatic nitrogens is 1. The minimum Gasteiger partial charge on any atom is -0.336 e. The molecule has 1 amide bonds. The van der Waals surface area contributed by atoms with E-state index in [-0.39, 0.29) is 11.9 Å². The Morgan fingerprint density at radius 2 is 2.29 bits per heavy atom. The highest BCUT2D eigenvalue weighted by Gasteiger charge is 2.24. The van der Waals surface area contributed by atoms with E-state index in [1.54, 1.807) is 6.20 Å². The molecule has 1 aromatic rings. The summed E-state index contributed by atoms with van der Waals surface area (Å²) in [6.45, 7) is 4.79. The van der Waals surface area contributed by atoms with Crippen LogP contribution in [0, 0.1) is 0 Å². The van der Waals surface area contributed by atoms with Crippen molar-refractivity contribution in [2.45, 2.75) is 32.9 Å². The first kappa shape index (κ1) is 9.19. The second-order valence-corrected chi connectivity index (χ2v) is 3.90. The van der Waals surface area contributed by atoms with Crippen molar-refractivity contribution in [1.82, 2.24) is 9.88 Å². The number of pyridine rings is 1. The maximum absolute atomic E-state index is 11.7. The van der Waals surface area contributed by atoms with Crippen molar-refractivity contribution in [1.29, 1.82) is 0 Å². The van der Waals surface area contributed by atoms with Crippen LogP contribution < -0.4 is 0 Å². The van der Waals surface area contributed by atoms with Gasteiger partial charge in [0.15, 0.2) is 0 Å². The molecule has 0 bridgehead atoms. The van der Waals surface area contributed by atoms with Crippen LogP contribution in [0.5, 0.6) is 0 Å². The first-order chi connectivity index (χ1) is 6.68. The minimum absolute atomic E-state index is 0.186. The van der Waals surface area contributed by atoms with Gasteiger partial charge < -0.3 is 4.90 Å². The number of amides is 1. The number of carbonyl (C=O) groups is 1. The number of hydrogen-bond donors (Lipinski definition) is 0. The quantitative estimate of drug-likeness (QED) is 0.670. The normalized spacial score (nSPS) is 15.9. The third-order valence-corrected chi connectivity index (χ3v) is 2.59. The lowest BCUT2D eigenvalue weighted by atomic mass is 10.0. The van der Waals surface area contributed by atoms with Crippen LogP contribution in [-0.2, 0) is 17.8 Å². The molecule has 3 heteroatoms. The SMILES string of the molecule is CC(C)N1Cc2cccnc2CC1=O. The van der Waals surface area contributed by atoms with E-state index >= 15 is 0 Å². The van der Waals surface area contributed by atoms with E-state index < -0.39 is 0 Å². The third-order valence-electron chi connectivity index (χ3n) is 2.59. The van der Waals surface area contributed by atoms with Gasteiger partial charge in [-0.05, 0) is 25.5 Å². The second-order valence-electron chi connectivity index (χ2n) is 3.90. The van der Waals surface area contributed by atoms with Gasteiger partial charge >= 0.3 is 0 Å². The molecule has 14 heavy (non-hydrogen) atoms. The van der Waals surface area contributed by atoms with E-state index in [1.807, 2.05) is 30.9 Å². The lowest BCUT2D eigenvalue weighted by Crippen LogP contribution is -2.41. The highest BCUT2D eigenvalue weighted by Crippen LogP contribution is 2.18. The summed E-state index contributed by atoms with van der Waals surface area (Å²) in [5.41, 5.74) is 2.12. The van der Waals surface area contributed by atoms with Crippen molar-refractivity contribution >= 4 is 5.91 Å². The van der Waals surface area contributed by atoms with Crippen molar-refractivity contribution in [3.8, 4) is 0 Å². The Bertz CT molecular complexity index is 360. The molecule has 2 heterocycles. The Labute approximate surface area is 83.8 Å². The molecule has 0 saturated heterocycles. The summed E-state index contributed by atoms with van der Waals surface area (Å²) in [5.74, 6) is 0.186. The molecule has 0 spiro atoms. The molecule has 3 nitrogen and oxygen atoms in total. The molecular formula is C11H14N2O. The van der Waals surface area contributed by atoms with Crippen LogP contribution >= 0.6 is 0 Å². The lowest BCUT2D eigenvalue weighted by molar-refractivity contribution is -0.133. The minimum atomic E-state index is 0.186. The highest BCUT2D eigenvalue weighted by molar-refractivity contribution is 5.80. The first-order valence-corrected chi connectivity index (χ1v) is 4.90. The smallest absolute Gasteiger partial charge is 0.229 e. The van der Waals surface area contributed by atoms with Gasteiger partial charge in [-0.3, -0.25) is 9.78 Å². The molecule has 0 saturated carbocycles. The summed E-state index contributed by atoms with van der Waals surface area (Å²) in [6.07, 6.45) is 2.20. The standard InChI is InChI=1S/C11H14N2O/c1-8(2)13-7-9-4-3-5-12-10(9)6-11(13)14/h3-5,8H,6-7H2,1-2H3. The fraction of sp³-hybridized carbons (Fsp3) is 0.455. The summed E-state index contributed by atoms with van der Waals surface area (Å²) < 4.78 is 0. The van der Waals surface area contributed by atoms with Gasteiger partial charge in [-0.15, -0.1) is 0 Å². The number of hydrogen-bond acceptors (Lipinski definition) is 2. The monoisotopic (exact) mass is 190 g/mol. The van der Waals surface area contributed by atoms with Crippen LogP contribution in [0.4, 0.5) is 0 Å². The molecule has 74 valence electrons. The average Bonchev–Trinajstić information content (AvgIpc) is 2.16. The van der Waals surface area contributed by atoms with Crippen LogP contribution in [0.2, 0.25) is 0 Å². The number of rotatable bonds is 1. The molecule has 0 aliphatic carbocycles. The van der Waals surface area contributed by atoms with Crippen molar-refractivity contribution in [3.05, 3.63) is 29.6 Å². The number of nitrogens with zero attached hydrogens (tertiary/aromatic N) is 2.